The number of amides is 1. The molecule has 21 heavy (non-hydrogen) atoms. The molecule has 1 N–H and O–H groups in total. The molecule has 1 amide bonds. The van der Waals surface area contributed by atoms with Crippen LogP contribution in [0.3, 0.4) is 0 Å². The molecule has 0 spiro atoms. The van der Waals surface area contributed by atoms with Gasteiger partial charge < -0.3 is 10.1 Å². The summed E-state index contributed by atoms with van der Waals surface area (Å²) < 4.78 is 5.08. The van der Waals surface area contributed by atoms with Crippen LogP contribution in [0.2, 0.25) is 0 Å². The first-order valence-electron chi connectivity index (χ1n) is 6.43. The molecule has 114 valence electrons. The van der Waals surface area contributed by atoms with Gasteiger partial charge in [-0.1, -0.05) is 12.2 Å². The van der Waals surface area contributed by atoms with Crippen LogP contribution in [-0.4, -0.2) is 28.1 Å². The third kappa shape index (κ3) is 6.03. The average Bonchev–Trinajstić information content (AvgIpc) is 2.34. The Morgan fingerprint density at radius 1 is 1.52 bits per heavy atom. The van der Waals surface area contributed by atoms with Crippen LogP contribution in [0.25, 0.3) is 6.08 Å². The third-order valence-corrected chi connectivity index (χ3v) is 2.38. The minimum Gasteiger partial charge on any atom is -0.444 e. The molecule has 1 rings (SSSR count). The number of ether oxygens (including phenoxy) is 1. The van der Waals surface area contributed by atoms with Crippen molar-refractivity contribution in [3.8, 4) is 0 Å². The molecule has 0 unspecified atom stereocenters. The Kier molecular flexibility index (Phi) is 5.40. The zero-order valence-electron chi connectivity index (χ0n) is 12.5. The van der Waals surface area contributed by atoms with E-state index in [1.807, 2.05) is 0 Å². The monoisotopic (exact) mass is 293 g/mol. The van der Waals surface area contributed by atoms with Gasteiger partial charge in [0.05, 0.1) is 4.92 Å². The predicted octanol–water partition coefficient (Wildman–Crippen LogP) is 2.84. The van der Waals surface area contributed by atoms with E-state index >= 15 is 0 Å². The minimum atomic E-state index is -0.547. The molecule has 0 aliphatic carbocycles. The van der Waals surface area contributed by atoms with Crippen LogP contribution in [0.1, 0.15) is 32.0 Å². The fraction of sp³-hybridized carbons (Fsp3) is 0.429. The van der Waals surface area contributed by atoms with Crippen molar-refractivity contribution in [3.63, 3.8) is 0 Å². The van der Waals surface area contributed by atoms with Gasteiger partial charge in [-0.25, -0.2) is 4.79 Å². The number of hydrogen-bond acceptors (Lipinski definition) is 5. The van der Waals surface area contributed by atoms with Gasteiger partial charge in [-0.15, -0.1) is 0 Å². The predicted molar refractivity (Wildman–Crippen MR) is 78.9 cm³/mol. The van der Waals surface area contributed by atoms with Crippen LogP contribution in [0.5, 0.6) is 0 Å². The summed E-state index contributed by atoms with van der Waals surface area (Å²) in [5.41, 5.74) is 0.693. The van der Waals surface area contributed by atoms with Gasteiger partial charge in [0.25, 0.3) is 5.69 Å². The van der Waals surface area contributed by atoms with Crippen LogP contribution >= 0.6 is 0 Å². The van der Waals surface area contributed by atoms with Gasteiger partial charge >= 0.3 is 6.09 Å². The molecule has 1 heterocycles. The van der Waals surface area contributed by atoms with Crippen molar-refractivity contribution in [3.05, 3.63) is 39.7 Å². The molecular weight excluding hydrogens is 274 g/mol. The molecule has 0 saturated heterocycles. The molecule has 1 aromatic rings. The van der Waals surface area contributed by atoms with E-state index in [9.17, 15) is 14.9 Å². The maximum absolute atomic E-state index is 11.4. The van der Waals surface area contributed by atoms with Crippen LogP contribution in [0.15, 0.2) is 18.3 Å². The smallest absolute Gasteiger partial charge is 0.407 e. The van der Waals surface area contributed by atoms with Crippen LogP contribution in [0, 0.1) is 17.0 Å². The average molecular weight is 293 g/mol. The number of hydrogen-bond donors (Lipinski definition) is 1. The second-order valence-electron chi connectivity index (χ2n) is 5.41. The Labute approximate surface area is 123 Å². The number of aromatic nitrogens is 1. The molecular formula is C14H19N3O4. The lowest BCUT2D eigenvalue weighted by Gasteiger charge is -2.19. The highest BCUT2D eigenvalue weighted by atomic mass is 16.6. The van der Waals surface area contributed by atoms with Gasteiger partial charge in [0.2, 0.25) is 0 Å². The summed E-state index contributed by atoms with van der Waals surface area (Å²) in [6.07, 6.45) is 4.05. The van der Waals surface area contributed by atoms with Gasteiger partial charge in [-0.3, -0.25) is 15.1 Å². The first kappa shape index (κ1) is 16.6. The van der Waals surface area contributed by atoms with Gasteiger partial charge in [-0.05, 0) is 27.7 Å². The van der Waals surface area contributed by atoms with Crippen LogP contribution in [0.4, 0.5) is 10.5 Å². The molecule has 1 aromatic heterocycles. The highest BCUT2D eigenvalue weighted by molar-refractivity contribution is 5.68. The number of nitro groups is 1. The highest BCUT2D eigenvalue weighted by Gasteiger charge is 2.15. The Bertz CT molecular complexity index is 562. The second-order valence-corrected chi connectivity index (χ2v) is 5.41. The largest absolute Gasteiger partial charge is 0.444 e. The number of rotatable bonds is 4. The molecule has 0 fully saturated rings. The Morgan fingerprint density at radius 3 is 2.76 bits per heavy atom. The molecule has 0 saturated carbocycles. The number of nitrogens with one attached hydrogen (secondary N) is 1. The van der Waals surface area contributed by atoms with Crippen molar-refractivity contribution in [2.75, 3.05) is 6.54 Å². The van der Waals surface area contributed by atoms with Crippen molar-refractivity contribution in [1.82, 2.24) is 10.3 Å². The summed E-state index contributed by atoms with van der Waals surface area (Å²) in [5.74, 6) is 0. The van der Waals surface area contributed by atoms with E-state index in [1.54, 1.807) is 39.8 Å². The number of nitrogens with zero attached hydrogens (tertiary/aromatic N) is 2. The number of carbonyl (C=O) groups is 1. The van der Waals surface area contributed by atoms with E-state index in [4.69, 9.17) is 4.74 Å². The summed E-state index contributed by atoms with van der Waals surface area (Å²) in [5, 5.41) is 13.2. The third-order valence-electron chi connectivity index (χ3n) is 2.38. The van der Waals surface area contributed by atoms with Gasteiger partial charge in [-0.2, -0.15) is 0 Å². The molecule has 0 aromatic carbocycles. The van der Waals surface area contributed by atoms with E-state index in [1.165, 1.54) is 12.3 Å². The normalized spacial score (nSPS) is 11.4. The second kappa shape index (κ2) is 6.83. The van der Waals surface area contributed by atoms with Gasteiger partial charge in [0.15, 0.2) is 0 Å². The fourth-order valence-electron chi connectivity index (χ4n) is 1.45. The van der Waals surface area contributed by atoms with Crippen molar-refractivity contribution in [2.24, 2.45) is 0 Å². The number of pyridine rings is 1. The summed E-state index contributed by atoms with van der Waals surface area (Å²) >= 11 is 0. The molecule has 7 heteroatoms. The molecule has 0 aliphatic heterocycles. The SMILES string of the molecule is Cc1ncc([N+](=O)[O-])cc1C=CCNC(=O)OC(C)(C)C. The Morgan fingerprint density at radius 2 is 2.19 bits per heavy atom. The maximum Gasteiger partial charge on any atom is 0.407 e. The Hall–Kier alpha value is -2.44. The maximum atomic E-state index is 11.4. The van der Waals surface area contributed by atoms with E-state index in [2.05, 4.69) is 10.3 Å². The lowest BCUT2D eigenvalue weighted by molar-refractivity contribution is -0.385. The van der Waals surface area contributed by atoms with Crippen LogP contribution < -0.4 is 5.32 Å². The van der Waals surface area contributed by atoms with Crippen molar-refractivity contribution in [2.45, 2.75) is 33.3 Å². The topological polar surface area (TPSA) is 94.4 Å². The minimum absolute atomic E-state index is 0.0691. The molecule has 0 radical (unpaired) electrons. The van der Waals surface area contributed by atoms with E-state index < -0.39 is 16.6 Å². The summed E-state index contributed by atoms with van der Waals surface area (Å²) in [6, 6.07) is 1.44. The van der Waals surface area contributed by atoms with Gasteiger partial charge in [0, 0.05) is 23.9 Å². The Balaban J connectivity index is 2.60. The zero-order chi connectivity index (χ0) is 16.0. The lowest BCUT2D eigenvalue weighted by atomic mass is 10.2. The van der Waals surface area contributed by atoms with E-state index in [0.717, 1.165) is 0 Å². The molecule has 0 bridgehead atoms. The van der Waals surface area contributed by atoms with Crippen molar-refractivity contribution >= 4 is 17.9 Å². The number of carbonyl (C=O) groups excluding carboxylic acids is 1. The highest BCUT2D eigenvalue weighted by Crippen LogP contribution is 2.15. The first-order chi connectivity index (χ1) is 9.69. The summed E-state index contributed by atoms with van der Waals surface area (Å²) in [7, 11) is 0. The van der Waals surface area contributed by atoms with Crippen molar-refractivity contribution < 1.29 is 14.5 Å². The lowest BCUT2D eigenvalue weighted by Crippen LogP contribution is -2.32. The van der Waals surface area contributed by atoms with Crippen molar-refractivity contribution in [1.29, 1.82) is 0 Å². The number of aryl methyl sites for hydroxylation is 1. The fourth-order valence-corrected chi connectivity index (χ4v) is 1.45. The van der Waals surface area contributed by atoms with E-state index in [-0.39, 0.29) is 12.2 Å². The molecule has 7 nitrogen and oxygen atoms in total. The summed E-state index contributed by atoms with van der Waals surface area (Å²) in [6.45, 7) is 7.35. The number of alkyl carbamates (subject to hydrolysis) is 1. The molecule has 0 atom stereocenters. The standard InChI is InChI=1S/C14H19N3O4/c1-10-11(8-12(9-16-10)17(19)20)6-5-7-15-13(18)21-14(2,3)4/h5-6,8-9H,7H2,1-4H3,(H,15,18). The van der Waals surface area contributed by atoms with Crippen LogP contribution in [-0.2, 0) is 4.74 Å². The zero-order valence-corrected chi connectivity index (χ0v) is 12.5. The first-order valence-corrected chi connectivity index (χ1v) is 6.43. The quantitative estimate of drug-likeness (QED) is 0.680. The van der Waals surface area contributed by atoms with Gasteiger partial charge in [0.1, 0.15) is 11.8 Å². The van der Waals surface area contributed by atoms with E-state index in [0.29, 0.717) is 11.3 Å². The molecule has 0 aliphatic rings. The summed E-state index contributed by atoms with van der Waals surface area (Å²) in [4.78, 5) is 25.6.